The molecule has 1 amide bonds. The van der Waals surface area contributed by atoms with Gasteiger partial charge in [-0.15, -0.1) is 11.8 Å². The Morgan fingerprint density at radius 2 is 2.18 bits per heavy atom. The first-order valence-electron chi connectivity index (χ1n) is 5.54. The van der Waals surface area contributed by atoms with Crippen molar-refractivity contribution in [3.63, 3.8) is 0 Å². The van der Waals surface area contributed by atoms with Crippen LogP contribution < -0.4 is 4.90 Å². The van der Waals surface area contributed by atoms with Gasteiger partial charge in [0.2, 0.25) is 5.91 Å². The van der Waals surface area contributed by atoms with Crippen LogP contribution in [0, 0.1) is 0 Å². The fraction of sp³-hybridized carbons (Fsp3) is 0.417. The van der Waals surface area contributed by atoms with Crippen molar-refractivity contribution in [1.82, 2.24) is 0 Å². The van der Waals surface area contributed by atoms with E-state index in [1.54, 1.807) is 4.90 Å². The van der Waals surface area contributed by atoms with Gasteiger partial charge < -0.3 is 15.1 Å². The second kappa shape index (κ2) is 5.53. The zero-order chi connectivity index (χ0) is 12.3. The standard InChI is InChI=1S/C12H15NO3S/c14-5-1-4-13-10-6-9(7-15)2-3-11(10)17-8-12(13)16/h2-3,6,14-15H,1,4-5,7-8H2. The summed E-state index contributed by atoms with van der Waals surface area (Å²) in [7, 11) is 0. The Hall–Kier alpha value is -1.04. The number of carbonyl (C=O) groups is 1. The molecular weight excluding hydrogens is 238 g/mol. The zero-order valence-electron chi connectivity index (χ0n) is 9.43. The lowest BCUT2D eigenvalue weighted by atomic mass is 10.2. The largest absolute Gasteiger partial charge is 0.396 e. The highest BCUT2D eigenvalue weighted by Gasteiger charge is 2.24. The van der Waals surface area contributed by atoms with Crippen LogP contribution in [0.5, 0.6) is 0 Å². The summed E-state index contributed by atoms with van der Waals surface area (Å²) in [5.74, 6) is 0.503. The Kier molecular flexibility index (Phi) is 4.04. The third-order valence-corrected chi connectivity index (χ3v) is 3.74. The number of carbonyl (C=O) groups excluding carboxylic acids is 1. The first-order chi connectivity index (χ1) is 8.26. The van der Waals surface area contributed by atoms with Crippen molar-refractivity contribution in [2.45, 2.75) is 17.9 Å². The van der Waals surface area contributed by atoms with Crippen molar-refractivity contribution in [2.75, 3.05) is 23.8 Å². The molecule has 0 bridgehead atoms. The monoisotopic (exact) mass is 253 g/mol. The number of thioether (sulfide) groups is 1. The average molecular weight is 253 g/mol. The van der Waals surface area contributed by atoms with Gasteiger partial charge in [-0.3, -0.25) is 4.79 Å². The first kappa shape index (κ1) is 12.4. The molecule has 0 aromatic heterocycles. The molecule has 0 radical (unpaired) electrons. The van der Waals surface area contributed by atoms with E-state index in [9.17, 15) is 4.79 Å². The van der Waals surface area contributed by atoms with Gasteiger partial charge in [-0.05, 0) is 24.1 Å². The molecule has 0 aliphatic carbocycles. The average Bonchev–Trinajstić information content (AvgIpc) is 2.37. The van der Waals surface area contributed by atoms with Crippen LogP contribution in [0.15, 0.2) is 23.1 Å². The number of aliphatic hydroxyl groups excluding tert-OH is 2. The molecule has 92 valence electrons. The highest BCUT2D eigenvalue weighted by molar-refractivity contribution is 8.00. The van der Waals surface area contributed by atoms with Gasteiger partial charge in [0.25, 0.3) is 0 Å². The SMILES string of the molecule is O=C1CSc2ccc(CO)cc2N1CCCO. The molecule has 2 rings (SSSR count). The molecule has 4 nitrogen and oxygen atoms in total. The molecule has 0 saturated heterocycles. The molecule has 0 unspecified atom stereocenters. The van der Waals surface area contributed by atoms with E-state index in [0.717, 1.165) is 16.1 Å². The van der Waals surface area contributed by atoms with E-state index in [4.69, 9.17) is 10.2 Å². The fourth-order valence-electron chi connectivity index (χ4n) is 1.82. The van der Waals surface area contributed by atoms with Crippen molar-refractivity contribution in [3.8, 4) is 0 Å². The van der Waals surface area contributed by atoms with Crippen molar-refractivity contribution in [1.29, 1.82) is 0 Å². The highest BCUT2D eigenvalue weighted by Crippen LogP contribution is 2.36. The summed E-state index contributed by atoms with van der Waals surface area (Å²) < 4.78 is 0. The van der Waals surface area contributed by atoms with Crippen LogP contribution in [0.25, 0.3) is 0 Å². The lowest BCUT2D eigenvalue weighted by Gasteiger charge is -2.29. The number of benzene rings is 1. The smallest absolute Gasteiger partial charge is 0.237 e. The molecule has 17 heavy (non-hydrogen) atoms. The van der Waals surface area contributed by atoms with Gasteiger partial charge in [0.1, 0.15) is 0 Å². The Labute approximate surface area is 104 Å². The van der Waals surface area contributed by atoms with Gasteiger partial charge in [0, 0.05) is 18.0 Å². The van der Waals surface area contributed by atoms with Crippen molar-refractivity contribution >= 4 is 23.4 Å². The van der Waals surface area contributed by atoms with E-state index in [-0.39, 0.29) is 19.1 Å². The molecular formula is C12H15NO3S. The zero-order valence-corrected chi connectivity index (χ0v) is 10.2. The molecule has 1 aliphatic heterocycles. The minimum absolute atomic E-state index is 0.0278. The van der Waals surface area contributed by atoms with Crippen LogP contribution in [-0.2, 0) is 11.4 Å². The number of aliphatic hydroxyl groups is 2. The highest BCUT2D eigenvalue weighted by atomic mass is 32.2. The summed E-state index contributed by atoms with van der Waals surface area (Å²) in [6, 6.07) is 5.65. The van der Waals surface area contributed by atoms with Crippen LogP contribution in [0.4, 0.5) is 5.69 Å². The molecule has 5 heteroatoms. The molecule has 2 N–H and O–H groups in total. The Bertz CT molecular complexity index is 422. The topological polar surface area (TPSA) is 60.8 Å². The summed E-state index contributed by atoms with van der Waals surface area (Å²) in [6.45, 7) is 0.573. The molecule has 0 atom stereocenters. The molecule has 1 heterocycles. The number of anilines is 1. The van der Waals surface area contributed by atoms with Crippen molar-refractivity contribution in [3.05, 3.63) is 23.8 Å². The number of amides is 1. The summed E-state index contributed by atoms with van der Waals surface area (Å²) in [6.07, 6.45) is 0.569. The minimum atomic E-state index is -0.0278. The molecule has 1 aromatic rings. The Balaban J connectivity index is 2.31. The minimum Gasteiger partial charge on any atom is -0.396 e. The molecule has 1 aromatic carbocycles. The van der Waals surface area contributed by atoms with Crippen LogP contribution >= 0.6 is 11.8 Å². The van der Waals surface area contributed by atoms with Crippen LogP contribution in [0.2, 0.25) is 0 Å². The van der Waals surface area contributed by atoms with E-state index in [1.165, 1.54) is 11.8 Å². The quantitative estimate of drug-likeness (QED) is 0.840. The van der Waals surface area contributed by atoms with Crippen LogP contribution in [0.1, 0.15) is 12.0 Å². The second-order valence-electron chi connectivity index (χ2n) is 3.87. The third kappa shape index (κ3) is 2.62. The summed E-state index contributed by atoms with van der Waals surface area (Å²) in [5, 5.41) is 18.0. The first-order valence-corrected chi connectivity index (χ1v) is 6.52. The summed E-state index contributed by atoms with van der Waals surface area (Å²) >= 11 is 1.52. The summed E-state index contributed by atoms with van der Waals surface area (Å²) in [4.78, 5) is 14.6. The third-order valence-electron chi connectivity index (χ3n) is 2.69. The lowest BCUT2D eigenvalue weighted by Crippen LogP contribution is -2.36. The van der Waals surface area contributed by atoms with E-state index >= 15 is 0 Å². The van der Waals surface area contributed by atoms with Gasteiger partial charge in [-0.2, -0.15) is 0 Å². The van der Waals surface area contributed by atoms with E-state index < -0.39 is 0 Å². The normalized spacial score (nSPS) is 14.9. The number of nitrogens with zero attached hydrogens (tertiary/aromatic N) is 1. The van der Waals surface area contributed by atoms with E-state index in [2.05, 4.69) is 0 Å². The van der Waals surface area contributed by atoms with Crippen LogP contribution in [0.3, 0.4) is 0 Å². The Morgan fingerprint density at radius 3 is 2.88 bits per heavy atom. The molecule has 0 fully saturated rings. The second-order valence-corrected chi connectivity index (χ2v) is 4.89. The van der Waals surface area contributed by atoms with E-state index in [1.807, 2.05) is 18.2 Å². The predicted octanol–water partition coefficient (Wildman–Crippen LogP) is 1.00. The molecule has 1 aliphatic rings. The van der Waals surface area contributed by atoms with Crippen LogP contribution in [-0.4, -0.2) is 35.0 Å². The van der Waals surface area contributed by atoms with Crippen molar-refractivity contribution < 1.29 is 15.0 Å². The maximum atomic E-state index is 11.8. The maximum Gasteiger partial charge on any atom is 0.237 e. The predicted molar refractivity (Wildman–Crippen MR) is 67.1 cm³/mol. The lowest BCUT2D eigenvalue weighted by molar-refractivity contribution is -0.116. The number of rotatable bonds is 4. The van der Waals surface area contributed by atoms with Gasteiger partial charge in [-0.25, -0.2) is 0 Å². The van der Waals surface area contributed by atoms with Gasteiger partial charge in [-0.1, -0.05) is 6.07 Å². The number of hydrogen-bond donors (Lipinski definition) is 2. The van der Waals surface area contributed by atoms with Gasteiger partial charge >= 0.3 is 0 Å². The molecule has 0 spiro atoms. The fourth-order valence-corrected chi connectivity index (χ4v) is 2.74. The van der Waals surface area contributed by atoms with Gasteiger partial charge in [0.05, 0.1) is 18.0 Å². The number of hydrogen-bond acceptors (Lipinski definition) is 4. The van der Waals surface area contributed by atoms with E-state index in [0.29, 0.717) is 18.7 Å². The summed E-state index contributed by atoms with van der Waals surface area (Å²) in [5.41, 5.74) is 1.65. The van der Waals surface area contributed by atoms with Crippen molar-refractivity contribution in [2.24, 2.45) is 0 Å². The van der Waals surface area contributed by atoms with Gasteiger partial charge in [0.15, 0.2) is 0 Å². The Morgan fingerprint density at radius 1 is 1.35 bits per heavy atom. The molecule has 0 saturated carbocycles. The number of fused-ring (bicyclic) bond motifs is 1. The maximum absolute atomic E-state index is 11.8.